The maximum absolute atomic E-state index is 6.06. The first-order valence-electron chi connectivity index (χ1n) is 6.89. The third-order valence-electron chi connectivity index (χ3n) is 5.15. The van der Waals surface area contributed by atoms with Crippen LogP contribution >= 0.6 is 0 Å². The SMILES string of the molecule is C[C@]12CC[C@H]3CCC[C@H]4CCO[C@@H](O1)[C@]34OO2. The molecule has 4 heteroatoms. The average Bonchev–Trinajstić information content (AvgIpc) is 2.56. The summed E-state index contributed by atoms with van der Waals surface area (Å²) in [6.45, 7) is 2.76. The highest BCUT2D eigenvalue weighted by Gasteiger charge is 2.65. The molecule has 4 nitrogen and oxygen atoms in total. The third-order valence-corrected chi connectivity index (χ3v) is 5.15. The molecular weight excluding hydrogens is 220 g/mol. The Morgan fingerprint density at radius 1 is 1.00 bits per heavy atom. The molecule has 5 rings (SSSR count). The average molecular weight is 240 g/mol. The van der Waals surface area contributed by atoms with E-state index in [4.69, 9.17) is 19.2 Å². The Bertz CT molecular complexity index is 331. The molecule has 96 valence electrons. The van der Waals surface area contributed by atoms with Crippen LogP contribution in [0, 0.1) is 11.8 Å². The first kappa shape index (κ1) is 10.7. The summed E-state index contributed by atoms with van der Waals surface area (Å²) in [6, 6.07) is 0. The Hall–Kier alpha value is -0.160. The molecular formula is C13H20O4. The number of hydrogen-bond donors (Lipinski definition) is 0. The van der Waals surface area contributed by atoms with E-state index in [2.05, 4.69) is 0 Å². The van der Waals surface area contributed by atoms with Gasteiger partial charge in [0.1, 0.15) is 0 Å². The highest BCUT2D eigenvalue weighted by atomic mass is 17.3. The van der Waals surface area contributed by atoms with Crippen LogP contribution in [0.4, 0.5) is 0 Å². The van der Waals surface area contributed by atoms with Crippen molar-refractivity contribution in [2.75, 3.05) is 6.61 Å². The fourth-order valence-corrected chi connectivity index (χ4v) is 4.21. The highest BCUT2D eigenvalue weighted by Crippen LogP contribution is 2.56. The van der Waals surface area contributed by atoms with E-state index in [1.165, 1.54) is 19.3 Å². The monoisotopic (exact) mass is 240 g/mol. The van der Waals surface area contributed by atoms with Crippen molar-refractivity contribution in [3.8, 4) is 0 Å². The van der Waals surface area contributed by atoms with Crippen LogP contribution < -0.4 is 0 Å². The normalized spacial score (nSPS) is 57.4. The summed E-state index contributed by atoms with van der Waals surface area (Å²) >= 11 is 0. The molecule has 0 aromatic rings. The van der Waals surface area contributed by atoms with Crippen LogP contribution in [0.3, 0.4) is 0 Å². The van der Waals surface area contributed by atoms with E-state index in [-0.39, 0.29) is 11.9 Å². The molecule has 0 amide bonds. The zero-order valence-electron chi connectivity index (χ0n) is 10.3. The molecule has 0 aromatic heterocycles. The maximum Gasteiger partial charge on any atom is 0.201 e. The molecule has 1 spiro atoms. The van der Waals surface area contributed by atoms with E-state index in [9.17, 15) is 0 Å². The molecule has 1 saturated carbocycles. The molecule has 17 heavy (non-hydrogen) atoms. The Kier molecular flexibility index (Phi) is 2.17. The van der Waals surface area contributed by atoms with Gasteiger partial charge in [-0.2, -0.15) is 0 Å². The number of hydrogen-bond acceptors (Lipinski definition) is 4. The minimum atomic E-state index is -0.602. The Labute approximate surface area is 101 Å². The first-order chi connectivity index (χ1) is 8.23. The maximum atomic E-state index is 6.06. The van der Waals surface area contributed by atoms with Crippen molar-refractivity contribution in [1.82, 2.24) is 0 Å². The largest absolute Gasteiger partial charge is 0.349 e. The van der Waals surface area contributed by atoms with E-state index >= 15 is 0 Å². The van der Waals surface area contributed by atoms with Crippen molar-refractivity contribution in [1.29, 1.82) is 0 Å². The minimum absolute atomic E-state index is 0.215. The lowest BCUT2D eigenvalue weighted by Gasteiger charge is -2.55. The van der Waals surface area contributed by atoms with Crippen molar-refractivity contribution in [3.63, 3.8) is 0 Å². The third kappa shape index (κ3) is 1.33. The van der Waals surface area contributed by atoms with Gasteiger partial charge in [-0.1, -0.05) is 6.42 Å². The van der Waals surface area contributed by atoms with Gasteiger partial charge in [-0.05, 0) is 44.4 Å². The van der Waals surface area contributed by atoms with Crippen molar-refractivity contribution >= 4 is 0 Å². The van der Waals surface area contributed by atoms with E-state index in [1.54, 1.807) is 0 Å². The van der Waals surface area contributed by atoms with Gasteiger partial charge in [-0.15, -0.1) is 0 Å². The number of fused-ring (bicyclic) bond motifs is 2. The van der Waals surface area contributed by atoms with E-state index in [1.807, 2.05) is 6.92 Å². The Balaban J connectivity index is 1.79. The number of rotatable bonds is 0. The molecule has 0 aromatic carbocycles. The van der Waals surface area contributed by atoms with Gasteiger partial charge in [0.2, 0.25) is 5.79 Å². The van der Waals surface area contributed by atoms with Crippen LogP contribution in [0.1, 0.15) is 45.4 Å². The van der Waals surface area contributed by atoms with Crippen LogP contribution in [-0.2, 0) is 19.2 Å². The molecule has 4 heterocycles. The van der Waals surface area contributed by atoms with Crippen molar-refractivity contribution in [2.24, 2.45) is 11.8 Å². The molecule has 5 atom stereocenters. The summed E-state index contributed by atoms with van der Waals surface area (Å²) < 4.78 is 11.9. The lowest BCUT2D eigenvalue weighted by atomic mass is 9.65. The second-order valence-electron chi connectivity index (χ2n) is 6.13. The predicted octanol–water partition coefficient (Wildman–Crippen LogP) is 2.38. The lowest BCUT2D eigenvalue weighted by molar-refractivity contribution is -0.562. The van der Waals surface area contributed by atoms with E-state index in [0.717, 1.165) is 25.9 Å². The zero-order valence-corrected chi connectivity index (χ0v) is 10.3. The zero-order chi connectivity index (χ0) is 11.5. The summed E-state index contributed by atoms with van der Waals surface area (Å²) in [4.78, 5) is 11.5. The second-order valence-corrected chi connectivity index (χ2v) is 6.13. The van der Waals surface area contributed by atoms with Crippen LogP contribution in [-0.4, -0.2) is 24.3 Å². The van der Waals surface area contributed by atoms with Crippen molar-refractivity contribution in [3.05, 3.63) is 0 Å². The quantitative estimate of drug-likeness (QED) is 0.609. The highest BCUT2D eigenvalue weighted by molar-refractivity contribution is 5.05. The molecule has 2 bridgehead atoms. The summed E-state index contributed by atoms with van der Waals surface area (Å²) in [5.41, 5.74) is -0.313. The molecule has 1 aliphatic carbocycles. The predicted molar refractivity (Wildman–Crippen MR) is 58.8 cm³/mol. The molecule has 5 fully saturated rings. The summed E-state index contributed by atoms with van der Waals surface area (Å²) in [7, 11) is 0. The van der Waals surface area contributed by atoms with Crippen LogP contribution in [0.2, 0.25) is 0 Å². The summed E-state index contributed by atoms with van der Waals surface area (Å²) in [5.74, 6) is 0.480. The Morgan fingerprint density at radius 3 is 2.71 bits per heavy atom. The van der Waals surface area contributed by atoms with Crippen LogP contribution in [0.5, 0.6) is 0 Å². The van der Waals surface area contributed by atoms with Crippen molar-refractivity contribution in [2.45, 2.75) is 63.1 Å². The van der Waals surface area contributed by atoms with E-state index in [0.29, 0.717) is 11.8 Å². The van der Waals surface area contributed by atoms with Gasteiger partial charge in [-0.3, -0.25) is 0 Å². The molecule has 5 aliphatic rings. The van der Waals surface area contributed by atoms with Gasteiger partial charge in [0.15, 0.2) is 11.9 Å². The van der Waals surface area contributed by atoms with E-state index < -0.39 is 5.79 Å². The van der Waals surface area contributed by atoms with Gasteiger partial charge in [0.05, 0.1) is 6.61 Å². The van der Waals surface area contributed by atoms with Crippen molar-refractivity contribution < 1.29 is 19.2 Å². The smallest absolute Gasteiger partial charge is 0.201 e. The molecule has 4 saturated heterocycles. The summed E-state index contributed by atoms with van der Waals surface area (Å²) in [5, 5.41) is 0. The van der Waals surface area contributed by atoms with Crippen LogP contribution in [0.25, 0.3) is 0 Å². The van der Waals surface area contributed by atoms with Gasteiger partial charge < -0.3 is 9.47 Å². The first-order valence-corrected chi connectivity index (χ1v) is 6.89. The fraction of sp³-hybridized carbons (Fsp3) is 1.00. The van der Waals surface area contributed by atoms with Gasteiger partial charge >= 0.3 is 0 Å². The lowest BCUT2D eigenvalue weighted by Crippen LogP contribution is -2.65. The Morgan fingerprint density at radius 2 is 1.82 bits per heavy atom. The van der Waals surface area contributed by atoms with Gasteiger partial charge in [0.25, 0.3) is 0 Å². The van der Waals surface area contributed by atoms with Gasteiger partial charge in [-0.25, -0.2) is 9.78 Å². The second kappa shape index (κ2) is 3.44. The molecule has 0 unspecified atom stereocenters. The van der Waals surface area contributed by atoms with Gasteiger partial charge in [0, 0.05) is 6.42 Å². The topological polar surface area (TPSA) is 36.9 Å². The van der Waals surface area contributed by atoms with Crippen LogP contribution in [0.15, 0.2) is 0 Å². The molecule has 0 radical (unpaired) electrons. The number of ether oxygens (including phenoxy) is 2. The minimum Gasteiger partial charge on any atom is -0.349 e. The fourth-order valence-electron chi connectivity index (χ4n) is 4.21. The standard InChI is InChI=1S/C13H20O4/c1-12-7-5-9-3-2-4-10-6-8-14-11(15-12)13(9,10)17-16-12/h9-11H,2-8H2,1H3/t9-,10+,11+,12+,13+/m1/s1. The summed E-state index contributed by atoms with van der Waals surface area (Å²) in [6.07, 6.45) is 6.66. The molecule has 4 aliphatic heterocycles. The molecule has 0 N–H and O–H groups in total.